The number of para-hydroxylation sites is 2. The first-order valence-corrected chi connectivity index (χ1v) is 9.63. The molecular formula is C22H24N4O2. The summed E-state index contributed by atoms with van der Waals surface area (Å²) < 4.78 is 0. The Morgan fingerprint density at radius 1 is 1.11 bits per heavy atom. The van der Waals surface area contributed by atoms with Gasteiger partial charge >= 0.3 is 0 Å². The highest BCUT2D eigenvalue weighted by Crippen LogP contribution is 2.25. The van der Waals surface area contributed by atoms with E-state index in [1.165, 1.54) is 0 Å². The second kappa shape index (κ2) is 7.94. The van der Waals surface area contributed by atoms with E-state index in [-0.39, 0.29) is 23.9 Å². The molecule has 2 heterocycles. The zero-order valence-electron chi connectivity index (χ0n) is 16.0. The van der Waals surface area contributed by atoms with E-state index in [4.69, 9.17) is 0 Å². The van der Waals surface area contributed by atoms with Crippen LogP contribution < -0.4 is 5.56 Å². The van der Waals surface area contributed by atoms with Crippen LogP contribution in [0.5, 0.6) is 0 Å². The monoisotopic (exact) mass is 376 g/mol. The molecule has 1 aromatic heterocycles. The van der Waals surface area contributed by atoms with Gasteiger partial charge in [0.15, 0.2) is 0 Å². The van der Waals surface area contributed by atoms with Gasteiger partial charge in [-0.25, -0.2) is 4.98 Å². The highest BCUT2D eigenvalue weighted by molar-refractivity contribution is 5.77. The van der Waals surface area contributed by atoms with Crippen LogP contribution in [0, 0.1) is 0 Å². The summed E-state index contributed by atoms with van der Waals surface area (Å²) in [6.45, 7) is 2.35. The van der Waals surface area contributed by atoms with Crippen LogP contribution in [0.25, 0.3) is 11.0 Å². The minimum Gasteiger partial charge on any atom is -0.333 e. The van der Waals surface area contributed by atoms with E-state index in [0.717, 1.165) is 24.2 Å². The molecule has 3 aromatic rings. The van der Waals surface area contributed by atoms with Gasteiger partial charge in [-0.1, -0.05) is 42.5 Å². The van der Waals surface area contributed by atoms with Crippen molar-refractivity contribution in [3.63, 3.8) is 0 Å². The third-order valence-electron chi connectivity index (χ3n) is 5.33. The molecule has 0 aliphatic carbocycles. The molecule has 0 spiro atoms. The van der Waals surface area contributed by atoms with Gasteiger partial charge in [-0.05, 0) is 24.7 Å². The van der Waals surface area contributed by atoms with E-state index in [1.807, 2.05) is 47.4 Å². The highest BCUT2D eigenvalue weighted by Gasteiger charge is 2.30. The minimum atomic E-state index is -0.218. The van der Waals surface area contributed by atoms with Crippen molar-refractivity contribution < 1.29 is 4.79 Å². The van der Waals surface area contributed by atoms with E-state index >= 15 is 0 Å². The largest absolute Gasteiger partial charge is 0.333 e. The first-order valence-electron chi connectivity index (χ1n) is 9.63. The first kappa shape index (κ1) is 18.4. The molecule has 1 atom stereocenters. The average molecular weight is 376 g/mol. The molecule has 6 nitrogen and oxygen atoms in total. The fraction of sp³-hybridized carbons (Fsp3) is 0.318. The Bertz CT molecular complexity index is 1030. The summed E-state index contributed by atoms with van der Waals surface area (Å²) in [5.74, 6) is 0.0660. The third-order valence-corrected chi connectivity index (χ3v) is 5.33. The van der Waals surface area contributed by atoms with Crippen molar-refractivity contribution >= 4 is 16.9 Å². The number of amides is 1. The van der Waals surface area contributed by atoms with Gasteiger partial charge in [-0.3, -0.25) is 9.59 Å². The number of aromatic amines is 1. The van der Waals surface area contributed by atoms with Crippen LogP contribution in [0.15, 0.2) is 59.4 Å². The standard InChI is InChI=1S/C22H24N4O2/c1-25-13-14-26(20(15-25)16-7-3-2-4-8-16)21(27)12-11-19-22(28)24-18-10-6-5-9-17(18)23-19/h2-10,20H,11-15H2,1H3,(H,24,28)/t20-/m1/s1. The number of piperazine rings is 1. The molecule has 0 unspecified atom stereocenters. The number of H-pyrrole nitrogens is 1. The second-order valence-electron chi connectivity index (χ2n) is 7.31. The SMILES string of the molecule is CN1CCN(C(=O)CCc2nc3ccccc3[nH]c2=O)[C@@H](c2ccccc2)C1. The van der Waals surface area contributed by atoms with Crippen molar-refractivity contribution in [1.82, 2.24) is 19.8 Å². The molecule has 1 amide bonds. The Morgan fingerprint density at radius 2 is 1.86 bits per heavy atom. The molecule has 0 saturated carbocycles. The molecule has 1 aliphatic heterocycles. The maximum Gasteiger partial charge on any atom is 0.270 e. The van der Waals surface area contributed by atoms with Crippen LogP contribution in [0.1, 0.15) is 23.7 Å². The van der Waals surface area contributed by atoms with E-state index in [2.05, 4.69) is 34.0 Å². The summed E-state index contributed by atoms with van der Waals surface area (Å²) in [7, 11) is 2.08. The normalized spacial score (nSPS) is 17.8. The summed E-state index contributed by atoms with van der Waals surface area (Å²) >= 11 is 0. The number of carbonyl (C=O) groups is 1. The molecule has 28 heavy (non-hydrogen) atoms. The lowest BCUT2D eigenvalue weighted by Gasteiger charge is -2.40. The summed E-state index contributed by atoms with van der Waals surface area (Å²) in [6.07, 6.45) is 0.619. The average Bonchev–Trinajstić information content (AvgIpc) is 2.72. The van der Waals surface area contributed by atoms with Gasteiger partial charge in [0.25, 0.3) is 5.56 Å². The van der Waals surface area contributed by atoms with E-state index in [0.29, 0.717) is 24.2 Å². The molecule has 1 N–H and O–H groups in total. The van der Waals surface area contributed by atoms with Crippen molar-refractivity contribution in [2.24, 2.45) is 0 Å². The van der Waals surface area contributed by atoms with Crippen LogP contribution in [-0.4, -0.2) is 52.4 Å². The lowest BCUT2D eigenvalue weighted by atomic mass is 10.0. The zero-order chi connectivity index (χ0) is 19.5. The number of rotatable bonds is 4. The lowest BCUT2D eigenvalue weighted by Crippen LogP contribution is -2.49. The zero-order valence-corrected chi connectivity index (χ0v) is 16.0. The van der Waals surface area contributed by atoms with Crippen molar-refractivity contribution in [3.8, 4) is 0 Å². The van der Waals surface area contributed by atoms with Gasteiger partial charge in [0, 0.05) is 32.5 Å². The third kappa shape index (κ3) is 3.82. The summed E-state index contributed by atoms with van der Waals surface area (Å²) in [4.78, 5) is 36.8. The Hall–Kier alpha value is -2.99. The molecule has 1 fully saturated rings. The first-order chi connectivity index (χ1) is 13.6. The molecule has 0 bridgehead atoms. The van der Waals surface area contributed by atoms with Gasteiger partial charge in [0.2, 0.25) is 5.91 Å². The molecule has 1 aliphatic rings. The van der Waals surface area contributed by atoms with Gasteiger partial charge in [0.05, 0.1) is 17.1 Å². The summed E-state index contributed by atoms with van der Waals surface area (Å²) in [5.41, 5.74) is 2.79. The Balaban J connectivity index is 1.51. The number of carbonyl (C=O) groups excluding carboxylic acids is 1. The summed E-state index contributed by atoms with van der Waals surface area (Å²) in [6, 6.07) is 17.6. The maximum absolute atomic E-state index is 13.0. The molecule has 1 saturated heterocycles. The fourth-order valence-corrected chi connectivity index (χ4v) is 3.78. The minimum absolute atomic E-state index is 0.0373. The lowest BCUT2D eigenvalue weighted by molar-refractivity contribution is -0.136. The van der Waals surface area contributed by atoms with Gasteiger partial charge < -0.3 is 14.8 Å². The Labute approximate surface area is 163 Å². The fourth-order valence-electron chi connectivity index (χ4n) is 3.78. The number of aromatic nitrogens is 2. The molecule has 144 valence electrons. The number of hydrogen-bond donors (Lipinski definition) is 1. The second-order valence-corrected chi connectivity index (χ2v) is 7.31. The Kier molecular flexibility index (Phi) is 5.21. The van der Waals surface area contributed by atoms with E-state index in [9.17, 15) is 9.59 Å². The predicted molar refractivity (Wildman–Crippen MR) is 109 cm³/mol. The maximum atomic E-state index is 13.0. The highest BCUT2D eigenvalue weighted by atomic mass is 16.2. The van der Waals surface area contributed by atoms with E-state index in [1.54, 1.807) is 0 Å². The molecule has 0 radical (unpaired) electrons. The van der Waals surface area contributed by atoms with Gasteiger partial charge in [-0.15, -0.1) is 0 Å². The molecule has 4 rings (SSSR count). The number of aryl methyl sites for hydroxylation is 1. The molecular weight excluding hydrogens is 352 g/mol. The van der Waals surface area contributed by atoms with Crippen molar-refractivity contribution in [2.45, 2.75) is 18.9 Å². The van der Waals surface area contributed by atoms with Crippen molar-refractivity contribution in [2.75, 3.05) is 26.7 Å². The Morgan fingerprint density at radius 3 is 2.68 bits per heavy atom. The quantitative estimate of drug-likeness (QED) is 0.759. The summed E-state index contributed by atoms with van der Waals surface area (Å²) in [5, 5.41) is 0. The number of nitrogens with zero attached hydrogens (tertiary/aromatic N) is 3. The topological polar surface area (TPSA) is 69.3 Å². The number of benzene rings is 2. The van der Waals surface area contributed by atoms with Crippen LogP contribution in [0.2, 0.25) is 0 Å². The predicted octanol–water partition coefficient (Wildman–Crippen LogP) is 2.37. The van der Waals surface area contributed by atoms with Crippen LogP contribution in [0.4, 0.5) is 0 Å². The van der Waals surface area contributed by atoms with Crippen LogP contribution >= 0.6 is 0 Å². The van der Waals surface area contributed by atoms with Crippen LogP contribution in [0.3, 0.4) is 0 Å². The van der Waals surface area contributed by atoms with Crippen molar-refractivity contribution in [1.29, 1.82) is 0 Å². The van der Waals surface area contributed by atoms with Gasteiger partial charge in [-0.2, -0.15) is 0 Å². The van der Waals surface area contributed by atoms with Crippen LogP contribution in [-0.2, 0) is 11.2 Å². The number of likely N-dealkylation sites (N-methyl/N-ethyl adjacent to an activating group) is 1. The number of hydrogen-bond acceptors (Lipinski definition) is 4. The van der Waals surface area contributed by atoms with E-state index < -0.39 is 0 Å². The number of nitrogens with one attached hydrogen (secondary N) is 1. The number of fused-ring (bicyclic) bond motifs is 1. The van der Waals surface area contributed by atoms with Crippen molar-refractivity contribution in [3.05, 3.63) is 76.2 Å². The van der Waals surface area contributed by atoms with Gasteiger partial charge in [0.1, 0.15) is 5.69 Å². The molecule has 2 aromatic carbocycles. The smallest absolute Gasteiger partial charge is 0.270 e. The molecule has 6 heteroatoms.